The topological polar surface area (TPSA) is 65.2 Å². The minimum atomic E-state index is -0.554. The van der Waals surface area contributed by atoms with Crippen molar-refractivity contribution in [1.82, 2.24) is 15.2 Å². The van der Waals surface area contributed by atoms with Crippen molar-refractivity contribution in [2.24, 2.45) is 5.92 Å². The molecule has 0 unspecified atom stereocenters. The summed E-state index contributed by atoms with van der Waals surface area (Å²) >= 11 is 3.60. The number of amides is 2. The van der Waals surface area contributed by atoms with Crippen LogP contribution in [0.2, 0.25) is 0 Å². The van der Waals surface area contributed by atoms with Crippen LogP contribution in [-0.2, 0) is 17.8 Å². The zero-order valence-electron chi connectivity index (χ0n) is 16.5. The average Bonchev–Trinajstić information content (AvgIpc) is 3.11. The molecule has 1 atom stereocenters. The Morgan fingerprint density at radius 2 is 1.86 bits per heavy atom. The first kappa shape index (κ1) is 19.7. The van der Waals surface area contributed by atoms with Crippen LogP contribution in [0.1, 0.15) is 35.5 Å². The number of benzene rings is 2. The number of para-hydroxylation sites is 1. The lowest BCUT2D eigenvalue weighted by Gasteiger charge is -2.32. The van der Waals surface area contributed by atoms with Gasteiger partial charge in [-0.2, -0.15) is 0 Å². The van der Waals surface area contributed by atoms with Crippen molar-refractivity contribution in [2.45, 2.75) is 32.9 Å². The minimum absolute atomic E-state index is 0.00586. The molecule has 1 aliphatic rings. The summed E-state index contributed by atoms with van der Waals surface area (Å²) in [5.74, 6) is -0.251. The van der Waals surface area contributed by atoms with Gasteiger partial charge >= 0.3 is 0 Å². The van der Waals surface area contributed by atoms with Crippen molar-refractivity contribution in [3.63, 3.8) is 0 Å². The van der Waals surface area contributed by atoms with Gasteiger partial charge < -0.3 is 15.2 Å². The van der Waals surface area contributed by atoms with Crippen molar-refractivity contribution in [3.8, 4) is 0 Å². The molecule has 5 nitrogen and oxygen atoms in total. The van der Waals surface area contributed by atoms with Crippen LogP contribution in [0.15, 0.2) is 53.0 Å². The molecule has 2 N–H and O–H groups in total. The summed E-state index contributed by atoms with van der Waals surface area (Å²) in [6.07, 6.45) is 0.777. The maximum absolute atomic E-state index is 13.3. The first-order valence-corrected chi connectivity index (χ1v) is 10.7. The normalized spacial score (nSPS) is 14.7. The number of H-pyrrole nitrogens is 1. The van der Waals surface area contributed by atoms with E-state index >= 15 is 0 Å². The minimum Gasteiger partial charge on any atom is -0.357 e. The van der Waals surface area contributed by atoms with Crippen LogP contribution in [0.3, 0.4) is 0 Å². The summed E-state index contributed by atoms with van der Waals surface area (Å²) in [5, 5.41) is 4.09. The first-order valence-electron chi connectivity index (χ1n) is 9.88. The molecule has 3 aromatic rings. The Bertz CT molecular complexity index is 1060. The highest BCUT2D eigenvalue weighted by Crippen LogP contribution is 2.32. The van der Waals surface area contributed by atoms with E-state index in [0.29, 0.717) is 18.7 Å². The van der Waals surface area contributed by atoms with Gasteiger partial charge in [0.2, 0.25) is 5.91 Å². The summed E-state index contributed by atoms with van der Waals surface area (Å²) in [7, 11) is 0. The van der Waals surface area contributed by atoms with E-state index in [9.17, 15) is 9.59 Å². The van der Waals surface area contributed by atoms with Crippen LogP contribution in [0.4, 0.5) is 0 Å². The molecule has 0 fully saturated rings. The molecule has 6 heteroatoms. The molecule has 1 aliphatic heterocycles. The van der Waals surface area contributed by atoms with E-state index in [1.54, 1.807) is 12.1 Å². The number of fused-ring (bicyclic) bond motifs is 3. The number of carbonyl (C=O) groups excluding carboxylic acids is 2. The molecule has 2 aromatic carbocycles. The van der Waals surface area contributed by atoms with Crippen molar-refractivity contribution < 1.29 is 9.59 Å². The Kier molecular flexibility index (Phi) is 5.46. The highest BCUT2D eigenvalue weighted by Gasteiger charge is 2.32. The number of aromatic nitrogens is 1. The largest absolute Gasteiger partial charge is 0.357 e. The number of carbonyl (C=O) groups is 2. The summed E-state index contributed by atoms with van der Waals surface area (Å²) in [4.78, 5) is 31.3. The first-order chi connectivity index (χ1) is 14.0. The SMILES string of the molecule is CC(C)[C@@H](NC(=O)c1ccccc1)C(=O)N1CCc2[nH]c3c(Br)cccc3c2C1. The number of nitrogens with one attached hydrogen (secondary N) is 2. The fraction of sp³-hybridized carbons (Fsp3) is 0.304. The average molecular weight is 454 g/mol. The van der Waals surface area contributed by atoms with Crippen molar-refractivity contribution in [3.05, 3.63) is 69.8 Å². The summed E-state index contributed by atoms with van der Waals surface area (Å²) in [6.45, 7) is 5.12. The standard InChI is InChI=1S/C23H24BrN3O2/c1-14(2)20(26-22(28)15-7-4-3-5-8-15)23(29)27-12-11-19-17(13-27)16-9-6-10-18(24)21(16)25-19/h3-10,14,20,25H,11-13H2,1-2H3,(H,26,28)/t20-/m1/s1. The zero-order valence-corrected chi connectivity index (χ0v) is 18.1. The predicted octanol–water partition coefficient (Wildman–Crippen LogP) is 4.27. The number of aromatic amines is 1. The molecule has 0 radical (unpaired) electrons. The van der Waals surface area contributed by atoms with Crippen LogP contribution in [0, 0.1) is 5.92 Å². The number of rotatable bonds is 4. The maximum atomic E-state index is 13.3. The second kappa shape index (κ2) is 8.03. The van der Waals surface area contributed by atoms with Crippen LogP contribution >= 0.6 is 15.9 Å². The van der Waals surface area contributed by atoms with Gasteiger partial charge in [0.25, 0.3) is 5.91 Å². The van der Waals surface area contributed by atoms with Crippen LogP contribution in [-0.4, -0.2) is 34.3 Å². The Hall–Kier alpha value is -2.60. The smallest absolute Gasteiger partial charge is 0.251 e. The molecule has 2 heterocycles. The molecule has 2 amide bonds. The molecular weight excluding hydrogens is 430 g/mol. The third kappa shape index (κ3) is 3.81. The molecule has 4 rings (SSSR count). The quantitative estimate of drug-likeness (QED) is 0.619. The Morgan fingerprint density at radius 3 is 2.59 bits per heavy atom. The molecule has 1 aromatic heterocycles. The van der Waals surface area contributed by atoms with Crippen molar-refractivity contribution in [2.75, 3.05) is 6.54 Å². The summed E-state index contributed by atoms with van der Waals surface area (Å²) < 4.78 is 1.03. The molecule has 0 bridgehead atoms. The Balaban J connectivity index is 1.56. The van der Waals surface area contributed by atoms with E-state index in [1.165, 1.54) is 5.69 Å². The molecule has 0 saturated heterocycles. The van der Waals surface area contributed by atoms with Crippen molar-refractivity contribution in [1.29, 1.82) is 0 Å². The monoisotopic (exact) mass is 453 g/mol. The second-order valence-electron chi connectivity index (χ2n) is 7.82. The summed E-state index contributed by atoms with van der Waals surface area (Å²) in [6, 6.07) is 14.6. The Morgan fingerprint density at radius 1 is 1.10 bits per heavy atom. The maximum Gasteiger partial charge on any atom is 0.251 e. The lowest BCUT2D eigenvalue weighted by molar-refractivity contribution is -0.135. The molecule has 29 heavy (non-hydrogen) atoms. The van der Waals surface area contributed by atoms with Gasteiger partial charge in [-0.25, -0.2) is 0 Å². The molecule has 0 aliphatic carbocycles. The van der Waals surface area contributed by atoms with Crippen LogP contribution in [0.25, 0.3) is 10.9 Å². The van der Waals surface area contributed by atoms with Crippen molar-refractivity contribution >= 4 is 38.6 Å². The van der Waals surface area contributed by atoms with E-state index < -0.39 is 6.04 Å². The number of hydrogen-bond donors (Lipinski definition) is 2. The fourth-order valence-electron chi connectivity index (χ4n) is 3.91. The van der Waals surface area contributed by atoms with Gasteiger partial charge in [0.15, 0.2) is 0 Å². The van der Waals surface area contributed by atoms with Gasteiger partial charge in [-0.1, -0.05) is 44.2 Å². The molecule has 150 valence electrons. The Labute approximate surface area is 178 Å². The van der Waals surface area contributed by atoms with E-state index in [1.807, 2.05) is 49.1 Å². The fourth-order valence-corrected chi connectivity index (χ4v) is 4.38. The predicted molar refractivity (Wildman–Crippen MR) is 118 cm³/mol. The number of nitrogens with zero attached hydrogens (tertiary/aromatic N) is 1. The highest BCUT2D eigenvalue weighted by molar-refractivity contribution is 9.10. The van der Waals surface area contributed by atoms with Gasteiger partial charge in [-0.3, -0.25) is 9.59 Å². The van der Waals surface area contributed by atoms with Gasteiger partial charge in [0, 0.05) is 46.2 Å². The van der Waals surface area contributed by atoms with Crippen LogP contribution in [0.5, 0.6) is 0 Å². The van der Waals surface area contributed by atoms with E-state index in [-0.39, 0.29) is 17.7 Å². The number of halogens is 1. The van der Waals surface area contributed by atoms with Crippen LogP contribution < -0.4 is 5.32 Å². The lowest BCUT2D eigenvalue weighted by Crippen LogP contribution is -2.52. The lowest BCUT2D eigenvalue weighted by atomic mass is 9.99. The van der Waals surface area contributed by atoms with Gasteiger partial charge in [0.1, 0.15) is 6.04 Å². The molecule has 0 saturated carbocycles. The molecular formula is C23H24BrN3O2. The summed E-state index contributed by atoms with van der Waals surface area (Å²) in [5.41, 5.74) is 3.99. The third-order valence-corrected chi connectivity index (χ3v) is 6.19. The van der Waals surface area contributed by atoms with Gasteiger partial charge in [-0.15, -0.1) is 0 Å². The van der Waals surface area contributed by atoms with Gasteiger partial charge in [-0.05, 0) is 40.0 Å². The van der Waals surface area contributed by atoms with Gasteiger partial charge in [0.05, 0.1) is 5.52 Å². The van der Waals surface area contributed by atoms with E-state index in [4.69, 9.17) is 0 Å². The van der Waals surface area contributed by atoms with E-state index in [2.05, 4.69) is 32.3 Å². The zero-order chi connectivity index (χ0) is 20.5. The third-order valence-electron chi connectivity index (χ3n) is 5.53. The van der Waals surface area contributed by atoms with E-state index in [0.717, 1.165) is 27.4 Å². The highest BCUT2D eigenvalue weighted by atomic mass is 79.9. The molecule has 0 spiro atoms. The number of hydrogen-bond acceptors (Lipinski definition) is 2. The second-order valence-corrected chi connectivity index (χ2v) is 8.67.